The number of ether oxygens (including phenoxy) is 1. The van der Waals surface area contributed by atoms with Gasteiger partial charge in [0.1, 0.15) is 6.61 Å². The summed E-state index contributed by atoms with van der Waals surface area (Å²) in [4.78, 5) is 11.6. The molecule has 0 saturated heterocycles. The molecule has 3 N–H and O–H groups in total. The van der Waals surface area contributed by atoms with E-state index in [0.29, 0.717) is 19.4 Å². The molecular weight excluding hydrogens is 356 g/mol. The van der Waals surface area contributed by atoms with Crippen molar-refractivity contribution in [3.63, 3.8) is 0 Å². The molecule has 4 saturated carbocycles. The lowest BCUT2D eigenvalue weighted by Crippen LogP contribution is -2.67. The maximum atomic E-state index is 12.1. The molecule has 0 aromatic heterocycles. The van der Waals surface area contributed by atoms with Gasteiger partial charge < -0.3 is 20.1 Å². The Balaban J connectivity index is 1.49. The van der Waals surface area contributed by atoms with E-state index in [2.05, 4.69) is 13.8 Å². The molecule has 4 aliphatic carbocycles. The zero-order valence-electron chi connectivity index (χ0n) is 17.1. The van der Waals surface area contributed by atoms with Gasteiger partial charge in [-0.05, 0) is 80.1 Å². The molecule has 1 aliphatic heterocycles. The lowest BCUT2D eigenvalue weighted by molar-refractivity contribution is -0.254. The summed E-state index contributed by atoms with van der Waals surface area (Å²) < 4.78 is 5.18. The topological polar surface area (TPSA) is 87.0 Å². The van der Waals surface area contributed by atoms with Crippen molar-refractivity contribution in [2.24, 2.45) is 28.6 Å². The fourth-order valence-electron chi connectivity index (χ4n) is 8.38. The van der Waals surface area contributed by atoms with Gasteiger partial charge in [0.15, 0.2) is 0 Å². The lowest BCUT2D eigenvalue weighted by atomic mass is 9.42. The number of aliphatic hydroxyl groups is 3. The Kier molecular flexibility index (Phi) is 3.97. The maximum absolute atomic E-state index is 12.1. The molecule has 0 unspecified atom stereocenters. The van der Waals surface area contributed by atoms with Crippen molar-refractivity contribution in [2.75, 3.05) is 6.61 Å². The first-order chi connectivity index (χ1) is 13.1. The van der Waals surface area contributed by atoms with Gasteiger partial charge in [0.05, 0.1) is 17.3 Å². The Labute approximate surface area is 167 Å². The molecule has 0 bridgehead atoms. The van der Waals surface area contributed by atoms with Crippen LogP contribution in [0.25, 0.3) is 0 Å². The maximum Gasteiger partial charge on any atom is 0.331 e. The number of hydrogen-bond acceptors (Lipinski definition) is 5. The Bertz CT molecular complexity index is 733. The van der Waals surface area contributed by atoms with Gasteiger partial charge in [0.25, 0.3) is 0 Å². The average molecular weight is 391 g/mol. The SMILES string of the molecule is C[C@]12CC[C@H](O)C[C@@]1(O)CC[C@@H]1[C@@H]2CC[C@]2(C)[C@H](C3=CC(=O)OC3)CC[C@]12O. The lowest BCUT2D eigenvalue weighted by Gasteiger charge is -2.66. The van der Waals surface area contributed by atoms with E-state index in [9.17, 15) is 20.1 Å². The van der Waals surface area contributed by atoms with Crippen LogP contribution >= 0.6 is 0 Å². The normalized spacial score (nSPS) is 55.8. The zero-order chi connectivity index (χ0) is 19.9. The minimum absolute atomic E-state index is 0.176. The second-order valence-electron chi connectivity index (χ2n) is 10.9. The van der Waals surface area contributed by atoms with Gasteiger partial charge in [-0.25, -0.2) is 4.79 Å². The highest BCUT2D eigenvalue weighted by molar-refractivity contribution is 5.85. The van der Waals surface area contributed by atoms with Gasteiger partial charge in [-0.15, -0.1) is 0 Å². The highest BCUT2D eigenvalue weighted by Gasteiger charge is 2.70. The molecule has 0 aromatic carbocycles. The predicted molar refractivity (Wildman–Crippen MR) is 103 cm³/mol. The van der Waals surface area contributed by atoms with Gasteiger partial charge in [-0.2, -0.15) is 0 Å². The van der Waals surface area contributed by atoms with Gasteiger partial charge >= 0.3 is 5.97 Å². The van der Waals surface area contributed by atoms with Crippen LogP contribution in [0.5, 0.6) is 0 Å². The third kappa shape index (κ3) is 2.21. The molecule has 156 valence electrons. The number of rotatable bonds is 1. The molecule has 0 aromatic rings. The van der Waals surface area contributed by atoms with Gasteiger partial charge in [0, 0.05) is 17.9 Å². The van der Waals surface area contributed by atoms with Crippen molar-refractivity contribution in [1.29, 1.82) is 0 Å². The summed E-state index contributed by atoms with van der Waals surface area (Å²) in [6, 6.07) is 0. The predicted octanol–water partition coefficient (Wildman–Crippen LogP) is 2.72. The fourth-order valence-corrected chi connectivity index (χ4v) is 8.38. The Morgan fingerprint density at radius 2 is 1.68 bits per heavy atom. The molecule has 5 aliphatic rings. The molecule has 0 spiro atoms. The zero-order valence-corrected chi connectivity index (χ0v) is 17.1. The van der Waals surface area contributed by atoms with Crippen LogP contribution in [0.3, 0.4) is 0 Å². The van der Waals surface area contributed by atoms with Crippen LogP contribution in [0.15, 0.2) is 11.6 Å². The highest BCUT2D eigenvalue weighted by Crippen LogP contribution is 2.70. The Morgan fingerprint density at radius 1 is 0.964 bits per heavy atom. The summed E-state index contributed by atoms with van der Waals surface area (Å²) in [5.74, 6) is 0.409. The van der Waals surface area contributed by atoms with Crippen LogP contribution in [0.1, 0.15) is 71.6 Å². The molecule has 1 heterocycles. The van der Waals surface area contributed by atoms with Crippen LogP contribution in [0.2, 0.25) is 0 Å². The first-order valence-corrected chi connectivity index (χ1v) is 11.1. The number of carbonyl (C=O) groups is 1. The molecular formula is C23H34O5. The summed E-state index contributed by atoms with van der Waals surface area (Å²) in [7, 11) is 0. The third-order valence-corrected chi connectivity index (χ3v) is 10.1. The Hall–Kier alpha value is -0.910. The number of cyclic esters (lactones) is 1. The summed E-state index contributed by atoms with van der Waals surface area (Å²) >= 11 is 0. The smallest absolute Gasteiger partial charge is 0.331 e. The van der Waals surface area contributed by atoms with E-state index in [1.54, 1.807) is 6.08 Å². The van der Waals surface area contributed by atoms with Crippen molar-refractivity contribution in [3.05, 3.63) is 11.6 Å². The molecule has 28 heavy (non-hydrogen) atoms. The minimum Gasteiger partial charge on any atom is -0.458 e. The van der Waals surface area contributed by atoms with Crippen molar-refractivity contribution in [3.8, 4) is 0 Å². The van der Waals surface area contributed by atoms with Crippen molar-refractivity contribution in [1.82, 2.24) is 0 Å². The largest absolute Gasteiger partial charge is 0.458 e. The number of esters is 1. The summed E-state index contributed by atoms with van der Waals surface area (Å²) in [5, 5.41) is 33.8. The Morgan fingerprint density at radius 3 is 2.39 bits per heavy atom. The molecule has 0 radical (unpaired) electrons. The van der Waals surface area contributed by atoms with E-state index in [1.165, 1.54) is 0 Å². The minimum atomic E-state index is -0.817. The quantitative estimate of drug-likeness (QED) is 0.599. The highest BCUT2D eigenvalue weighted by atomic mass is 16.5. The first-order valence-electron chi connectivity index (χ1n) is 11.1. The van der Waals surface area contributed by atoms with E-state index in [4.69, 9.17) is 4.74 Å². The molecule has 4 fully saturated rings. The van der Waals surface area contributed by atoms with E-state index in [1.807, 2.05) is 0 Å². The van der Waals surface area contributed by atoms with E-state index >= 15 is 0 Å². The number of fused-ring (bicyclic) bond motifs is 5. The third-order valence-electron chi connectivity index (χ3n) is 10.1. The average Bonchev–Trinajstić information content (AvgIpc) is 3.17. The van der Waals surface area contributed by atoms with E-state index in [-0.39, 0.29) is 34.6 Å². The van der Waals surface area contributed by atoms with Crippen molar-refractivity contribution in [2.45, 2.75) is 88.9 Å². The second-order valence-corrected chi connectivity index (χ2v) is 10.9. The summed E-state index contributed by atoms with van der Waals surface area (Å²) in [6.07, 6.45) is 8.33. The molecule has 5 rings (SSSR count). The van der Waals surface area contributed by atoms with E-state index in [0.717, 1.165) is 50.5 Å². The summed E-state index contributed by atoms with van der Waals surface area (Å²) in [6.45, 7) is 4.80. The van der Waals surface area contributed by atoms with Crippen LogP contribution in [0, 0.1) is 28.6 Å². The number of hydrogen-bond donors (Lipinski definition) is 3. The van der Waals surface area contributed by atoms with Crippen LogP contribution in [-0.4, -0.2) is 45.2 Å². The van der Waals surface area contributed by atoms with Gasteiger partial charge in [-0.1, -0.05) is 13.8 Å². The van der Waals surface area contributed by atoms with Crippen molar-refractivity contribution >= 4 is 5.97 Å². The van der Waals surface area contributed by atoms with Gasteiger partial charge in [-0.3, -0.25) is 0 Å². The van der Waals surface area contributed by atoms with Crippen LogP contribution in [-0.2, 0) is 9.53 Å². The molecule has 8 atom stereocenters. The number of aliphatic hydroxyl groups excluding tert-OH is 1. The molecule has 5 heteroatoms. The standard InChI is InChI=1S/C23H34O5/c1-20-7-3-15(24)12-22(20,26)9-5-18-17(20)4-8-21(2)16(6-10-23(18,21)27)14-11-19(25)28-13-14/h11,15-18,24,26-27H,3-10,12-13H2,1-2H3/t15-,16-,17-,18+,20+,21+,22-,23-/m0/s1. The fraction of sp³-hybridized carbons (Fsp3) is 0.870. The van der Waals surface area contributed by atoms with Crippen LogP contribution < -0.4 is 0 Å². The summed E-state index contributed by atoms with van der Waals surface area (Å²) in [5.41, 5.74) is -0.999. The van der Waals surface area contributed by atoms with Crippen molar-refractivity contribution < 1.29 is 24.9 Å². The monoisotopic (exact) mass is 390 g/mol. The molecule has 5 nitrogen and oxygen atoms in total. The van der Waals surface area contributed by atoms with E-state index < -0.39 is 17.3 Å². The van der Waals surface area contributed by atoms with Crippen LogP contribution in [0.4, 0.5) is 0 Å². The molecule has 0 amide bonds. The number of carbonyl (C=O) groups excluding carboxylic acids is 1. The second kappa shape index (κ2) is 5.83. The van der Waals surface area contributed by atoms with Gasteiger partial charge in [0.2, 0.25) is 0 Å². The first kappa shape index (κ1) is 19.1.